The third-order valence-electron chi connectivity index (χ3n) is 2.16. The highest BCUT2D eigenvalue weighted by Gasteiger charge is 2.07. The molecule has 0 heterocycles. The smallest absolute Gasteiger partial charge is 0.132 e. The van der Waals surface area contributed by atoms with Gasteiger partial charge in [0, 0.05) is 5.92 Å². The molecule has 0 rings (SSSR count). The Kier molecular flexibility index (Phi) is 4.09. The fraction of sp³-hybridized carbons (Fsp3) is 0.700. The molecule has 0 amide bonds. The van der Waals surface area contributed by atoms with Gasteiger partial charge in [-0.1, -0.05) is 18.1 Å². The summed E-state index contributed by atoms with van der Waals surface area (Å²) in [5.41, 5.74) is 2.67. The van der Waals surface area contributed by atoms with E-state index in [1.54, 1.807) is 6.92 Å². The van der Waals surface area contributed by atoms with Crippen molar-refractivity contribution in [3.63, 3.8) is 0 Å². The normalized spacial score (nSPS) is 12.5. The molecule has 0 fully saturated rings. The summed E-state index contributed by atoms with van der Waals surface area (Å²) in [5, 5.41) is 0. The molecule has 1 unspecified atom stereocenters. The lowest BCUT2D eigenvalue weighted by Crippen LogP contribution is -2.06. The lowest BCUT2D eigenvalue weighted by Gasteiger charge is -2.08. The van der Waals surface area contributed by atoms with Crippen LogP contribution in [0.5, 0.6) is 0 Å². The van der Waals surface area contributed by atoms with Gasteiger partial charge in [-0.3, -0.25) is 4.79 Å². The van der Waals surface area contributed by atoms with E-state index in [2.05, 4.69) is 20.8 Å². The topological polar surface area (TPSA) is 17.1 Å². The number of Topliss-reactive ketones (excluding diaryl/α,β-unsaturated/α-hetero) is 1. The maximum Gasteiger partial charge on any atom is 0.132 e. The van der Waals surface area contributed by atoms with Crippen LogP contribution in [-0.2, 0) is 4.79 Å². The zero-order valence-electron chi connectivity index (χ0n) is 8.19. The van der Waals surface area contributed by atoms with E-state index in [9.17, 15) is 4.79 Å². The van der Waals surface area contributed by atoms with Crippen LogP contribution < -0.4 is 0 Å². The standard InChI is InChI=1S/C10H18O/c1-7(2)8(3)6-9(4)10(5)11/h9H,6H2,1-5H3. The minimum Gasteiger partial charge on any atom is -0.300 e. The van der Waals surface area contributed by atoms with Gasteiger partial charge in [-0.05, 0) is 34.1 Å². The Bertz CT molecular complexity index is 173. The number of hydrogen-bond acceptors (Lipinski definition) is 1. The molecule has 0 bridgehead atoms. The molecule has 0 saturated carbocycles. The zero-order valence-corrected chi connectivity index (χ0v) is 8.19. The van der Waals surface area contributed by atoms with E-state index in [-0.39, 0.29) is 11.7 Å². The molecule has 0 aliphatic heterocycles. The lowest BCUT2D eigenvalue weighted by atomic mass is 9.96. The summed E-state index contributed by atoms with van der Waals surface area (Å²) in [6.07, 6.45) is 0.914. The average Bonchev–Trinajstić information content (AvgIpc) is 1.87. The third-order valence-corrected chi connectivity index (χ3v) is 2.16. The largest absolute Gasteiger partial charge is 0.300 e. The van der Waals surface area contributed by atoms with Gasteiger partial charge < -0.3 is 0 Å². The fourth-order valence-corrected chi connectivity index (χ4v) is 0.807. The Morgan fingerprint density at radius 3 is 1.91 bits per heavy atom. The number of carbonyl (C=O) groups excluding carboxylic acids is 1. The van der Waals surface area contributed by atoms with Crippen LogP contribution in [0.3, 0.4) is 0 Å². The van der Waals surface area contributed by atoms with E-state index >= 15 is 0 Å². The van der Waals surface area contributed by atoms with Crippen molar-refractivity contribution in [2.24, 2.45) is 5.92 Å². The summed E-state index contributed by atoms with van der Waals surface area (Å²) >= 11 is 0. The summed E-state index contributed by atoms with van der Waals surface area (Å²) in [6.45, 7) is 9.90. The van der Waals surface area contributed by atoms with Crippen LogP contribution >= 0.6 is 0 Å². The average molecular weight is 154 g/mol. The van der Waals surface area contributed by atoms with E-state index < -0.39 is 0 Å². The van der Waals surface area contributed by atoms with Crippen LogP contribution in [-0.4, -0.2) is 5.78 Å². The van der Waals surface area contributed by atoms with Gasteiger partial charge in [0.2, 0.25) is 0 Å². The van der Waals surface area contributed by atoms with Gasteiger partial charge in [0.1, 0.15) is 5.78 Å². The van der Waals surface area contributed by atoms with Crippen LogP contribution in [0.25, 0.3) is 0 Å². The molecule has 0 saturated heterocycles. The summed E-state index contributed by atoms with van der Waals surface area (Å²) in [4.78, 5) is 10.9. The first-order valence-electron chi connectivity index (χ1n) is 4.08. The highest BCUT2D eigenvalue weighted by atomic mass is 16.1. The van der Waals surface area contributed by atoms with Crippen molar-refractivity contribution in [1.29, 1.82) is 0 Å². The SMILES string of the molecule is CC(=O)C(C)CC(C)=C(C)C. The first-order chi connectivity index (χ1) is 4.95. The Morgan fingerprint density at radius 1 is 1.18 bits per heavy atom. The second kappa shape index (κ2) is 4.32. The van der Waals surface area contributed by atoms with E-state index in [1.807, 2.05) is 6.92 Å². The van der Waals surface area contributed by atoms with Crippen molar-refractivity contribution in [3.8, 4) is 0 Å². The monoisotopic (exact) mass is 154 g/mol. The number of ketones is 1. The molecule has 0 N–H and O–H groups in total. The quantitative estimate of drug-likeness (QED) is 0.571. The van der Waals surface area contributed by atoms with Gasteiger partial charge >= 0.3 is 0 Å². The van der Waals surface area contributed by atoms with Gasteiger partial charge in [-0.15, -0.1) is 0 Å². The molecule has 0 aromatic rings. The molecule has 11 heavy (non-hydrogen) atoms. The number of allylic oxidation sites excluding steroid dienone is 2. The first-order valence-corrected chi connectivity index (χ1v) is 4.08. The van der Waals surface area contributed by atoms with Crippen LogP contribution in [0, 0.1) is 5.92 Å². The third kappa shape index (κ3) is 3.97. The highest BCUT2D eigenvalue weighted by Crippen LogP contribution is 2.14. The molecule has 1 heteroatoms. The zero-order chi connectivity index (χ0) is 9.02. The molecule has 0 aromatic carbocycles. The van der Waals surface area contributed by atoms with E-state index in [0.29, 0.717) is 0 Å². The van der Waals surface area contributed by atoms with Crippen molar-refractivity contribution < 1.29 is 4.79 Å². The molecular weight excluding hydrogens is 136 g/mol. The van der Waals surface area contributed by atoms with Gasteiger partial charge in [0.15, 0.2) is 0 Å². The summed E-state index contributed by atoms with van der Waals surface area (Å²) in [7, 11) is 0. The summed E-state index contributed by atoms with van der Waals surface area (Å²) in [5.74, 6) is 0.468. The highest BCUT2D eigenvalue weighted by molar-refractivity contribution is 5.78. The van der Waals surface area contributed by atoms with Crippen LogP contribution in [0.4, 0.5) is 0 Å². The number of rotatable bonds is 3. The van der Waals surface area contributed by atoms with Crippen molar-refractivity contribution in [2.45, 2.75) is 41.0 Å². The first kappa shape index (κ1) is 10.4. The molecule has 0 radical (unpaired) electrons. The molecule has 1 atom stereocenters. The van der Waals surface area contributed by atoms with Crippen LogP contribution in [0.2, 0.25) is 0 Å². The maximum atomic E-state index is 10.9. The second-order valence-electron chi connectivity index (χ2n) is 3.50. The maximum absolute atomic E-state index is 10.9. The molecule has 0 aliphatic carbocycles. The number of hydrogen-bond donors (Lipinski definition) is 0. The van der Waals surface area contributed by atoms with Gasteiger partial charge in [-0.2, -0.15) is 0 Å². The molecule has 0 aromatic heterocycles. The van der Waals surface area contributed by atoms with E-state index in [0.717, 1.165) is 6.42 Å². The molecule has 64 valence electrons. The Balaban J connectivity index is 4.06. The van der Waals surface area contributed by atoms with E-state index in [4.69, 9.17) is 0 Å². The van der Waals surface area contributed by atoms with Crippen molar-refractivity contribution in [1.82, 2.24) is 0 Å². The minimum atomic E-state index is 0.185. The predicted molar refractivity (Wildman–Crippen MR) is 48.5 cm³/mol. The van der Waals surface area contributed by atoms with Gasteiger partial charge in [-0.25, -0.2) is 0 Å². The molecule has 0 aliphatic rings. The molecular formula is C10H18O. The van der Waals surface area contributed by atoms with Gasteiger partial charge in [0.25, 0.3) is 0 Å². The fourth-order valence-electron chi connectivity index (χ4n) is 0.807. The van der Waals surface area contributed by atoms with Gasteiger partial charge in [0.05, 0.1) is 0 Å². The Labute approximate surface area is 69.5 Å². The molecule has 1 nitrogen and oxygen atoms in total. The Hall–Kier alpha value is -0.590. The summed E-state index contributed by atoms with van der Waals surface area (Å²) < 4.78 is 0. The van der Waals surface area contributed by atoms with Crippen LogP contribution in [0.1, 0.15) is 41.0 Å². The lowest BCUT2D eigenvalue weighted by molar-refractivity contribution is -0.120. The van der Waals surface area contributed by atoms with Crippen molar-refractivity contribution >= 4 is 5.78 Å². The second-order valence-corrected chi connectivity index (χ2v) is 3.50. The molecule has 0 spiro atoms. The minimum absolute atomic E-state index is 0.185. The summed E-state index contributed by atoms with van der Waals surface area (Å²) in [6, 6.07) is 0. The van der Waals surface area contributed by atoms with Crippen molar-refractivity contribution in [3.05, 3.63) is 11.1 Å². The van der Waals surface area contributed by atoms with E-state index in [1.165, 1.54) is 11.1 Å². The van der Waals surface area contributed by atoms with Crippen LogP contribution in [0.15, 0.2) is 11.1 Å². The predicted octanol–water partition coefficient (Wildman–Crippen LogP) is 2.96. The number of carbonyl (C=O) groups is 1. The van der Waals surface area contributed by atoms with Crippen molar-refractivity contribution in [2.75, 3.05) is 0 Å². The Morgan fingerprint density at radius 2 is 1.64 bits per heavy atom.